The predicted molar refractivity (Wildman–Crippen MR) is 87.8 cm³/mol. The summed E-state index contributed by atoms with van der Waals surface area (Å²) < 4.78 is 14.8. The molecule has 3 nitrogen and oxygen atoms in total. The largest absolute Gasteiger partial charge is 0.338 e. The van der Waals surface area contributed by atoms with Gasteiger partial charge in [-0.25, -0.2) is 4.39 Å². The number of rotatable bonds is 4. The molecule has 2 fully saturated rings. The van der Waals surface area contributed by atoms with Gasteiger partial charge in [0.25, 0.3) is 0 Å². The highest BCUT2D eigenvalue weighted by molar-refractivity contribution is 9.10. The van der Waals surface area contributed by atoms with Crippen molar-refractivity contribution >= 4 is 21.8 Å². The molecule has 1 saturated carbocycles. The molecule has 0 aromatic heterocycles. The molecular formula is C17H22BrFN2O. The molecule has 120 valence electrons. The Morgan fingerprint density at radius 3 is 2.86 bits per heavy atom. The molecule has 22 heavy (non-hydrogen) atoms. The second-order valence-corrected chi connectivity index (χ2v) is 7.37. The Labute approximate surface area is 139 Å². The lowest BCUT2D eigenvalue weighted by Gasteiger charge is -2.26. The van der Waals surface area contributed by atoms with Gasteiger partial charge in [-0.05, 0) is 62.9 Å². The lowest BCUT2D eigenvalue weighted by molar-refractivity contribution is -0.134. The lowest BCUT2D eigenvalue weighted by Crippen LogP contribution is -2.36. The highest BCUT2D eigenvalue weighted by Crippen LogP contribution is 2.59. The van der Waals surface area contributed by atoms with Gasteiger partial charge in [-0.3, -0.25) is 4.79 Å². The van der Waals surface area contributed by atoms with E-state index in [0.29, 0.717) is 18.7 Å². The van der Waals surface area contributed by atoms with E-state index in [-0.39, 0.29) is 23.1 Å². The average Bonchev–Trinajstić information content (AvgIpc) is 3.21. The Kier molecular flexibility index (Phi) is 4.55. The summed E-state index contributed by atoms with van der Waals surface area (Å²) in [6.45, 7) is 4.96. The van der Waals surface area contributed by atoms with Crippen LogP contribution in [0.5, 0.6) is 0 Å². The van der Waals surface area contributed by atoms with Gasteiger partial charge in [0.2, 0.25) is 5.91 Å². The molecular weight excluding hydrogens is 347 g/mol. The Hall–Kier alpha value is -0.940. The number of hydrogen-bond donors (Lipinski definition) is 1. The van der Waals surface area contributed by atoms with Crippen LogP contribution in [-0.4, -0.2) is 30.4 Å². The number of amides is 1. The molecule has 1 spiro atoms. The maximum Gasteiger partial charge on any atom is 0.226 e. The second-order valence-electron chi connectivity index (χ2n) is 6.46. The topological polar surface area (TPSA) is 32.3 Å². The Bertz CT molecular complexity index is 572. The Morgan fingerprint density at radius 1 is 1.45 bits per heavy atom. The van der Waals surface area contributed by atoms with Crippen molar-refractivity contribution < 1.29 is 9.18 Å². The molecule has 1 N–H and O–H groups in total. The van der Waals surface area contributed by atoms with Crippen LogP contribution < -0.4 is 5.32 Å². The van der Waals surface area contributed by atoms with E-state index in [2.05, 4.69) is 21.2 Å². The van der Waals surface area contributed by atoms with Crippen LogP contribution in [0.2, 0.25) is 0 Å². The lowest BCUT2D eigenvalue weighted by atomic mass is 9.91. The molecule has 1 aromatic carbocycles. The first-order valence-corrected chi connectivity index (χ1v) is 8.78. The fourth-order valence-electron chi connectivity index (χ4n) is 3.61. The van der Waals surface area contributed by atoms with E-state index < -0.39 is 0 Å². The molecule has 5 heteroatoms. The number of nitrogens with zero attached hydrogens (tertiary/aromatic N) is 1. The van der Waals surface area contributed by atoms with Gasteiger partial charge in [-0.2, -0.15) is 0 Å². The first-order valence-electron chi connectivity index (χ1n) is 7.99. The predicted octanol–water partition coefficient (Wildman–Crippen LogP) is 3.33. The number of carbonyl (C=O) groups is 1. The maximum absolute atomic E-state index is 13.9. The summed E-state index contributed by atoms with van der Waals surface area (Å²) in [6.07, 6.45) is 3.18. The molecule has 1 amide bonds. The van der Waals surface area contributed by atoms with Crippen molar-refractivity contribution in [2.24, 2.45) is 11.3 Å². The number of halogens is 2. The van der Waals surface area contributed by atoms with Gasteiger partial charge in [-0.15, -0.1) is 0 Å². The molecule has 1 heterocycles. The van der Waals surface area contributed by atoms with Crippen molar-refractivity contribution in [1.29, 1.82) is 0 Å². The van der Waals surface area contributed by atoms with Crippen LogP contribution in [0, 0.1) is 17.2 Å². The minimum Gasteiger partial charge on any atom is -0.338 e. The maximum atomic E-state index is 13.9. The molecule has 3 rings (SSSR count). The van der Waals surface area contributed by atoms with Gasteiger partial charge in [0.05, 0.1) is 0 Å². The van der Waals surface area contributed by atoms with Crippen LogP contribution >= 0.6 is 15.9 Å². The van der Waals surface area contributed by atoms with Gasteiger partial charge in [0, 0.05) is 29.0 Å². The minimum absolute atomic E-state index is 0.143. The molecule has 0 bridgehead atoms. The van der Waals surface area contributed by atoms with Crippen molar-refractivity contribution in [2.45, 2.75) is 32.7 Å². The van der Waals surface area contributed by atoms with Gasteiger partial charge >= 0.3 is 0 Å². The fraction of sp³-hybridized carbons (Fsp3) is 0.588. The number of nitrogens with one attached hydrogen (secondary N) is 1. The zero-order chi connectivity index (χ0) is 15.7. The molecule has 1 aromatic rings. The fourth-order valence-corrected chi connectivity index (χ4v) is 4.02. The van der Waals surface area contributed by atoms with E-state index >= 15 is 0 Å². The molecule has 1 unspecified atom stereocenters. The smallest absolute Gasteiger partial charge is 0.226 e. The van der Waals surface area contributed by atoms with Crippen LogP contribution in [0.3, 0.4) is 0 Å². The highest BCUT2D eigenvalue weighted by atomic mass is 79.9. The Balaban J connectivity index is 1.69. The summed E-state index contributed by atoms with van der Waals surface area (Å²) in [7, 11) is 0. The minimum atomic E-state index is -0.248. The van der Waals surface area contributed by atoms with Gasteiger partial charge < -0.3 is 10.2 Å². The molecule has 1 saturated heterocycles. The van der Waals surface area contributed by atoms with Gasteiger partial charge in [-0.1, -0.05) is 15.9 Å². The summed E-state index contributed by atoms with van der Waals surface area (Å²) in [5, 5.41) is 3.36. The van der Waals surface area contributed by atoms with Crippen molar-refractivity contribution in [3.05, 3.63) is 34.1 Å². The van der Waals surface area contributed by atoms with Crippen molar-refractivity contribution in [1.82, 2.24) is 10.2 Å². The average molecular weight is 369 g/mol. The van der Waals surface area contributed by atoms with E-state index in [1.165, 1.54) is 6.07 Å². The van der Waals surface area contributed by atoms with E-state index in [4.69, 9.17) is 0 Å². The van der Waals surface area contributed by atoms with E-state index in [1.807, 2.05) is 6.92 Å². The summed E-state index contributed by atoms with van der Waals surface area (Å²) >= 11 is 3.37. The van der Waals surface area contributed by atoms with Gasteiger partial charge in [0.15, 0.2) is 0 Å². The van der Waals surface area contributed by atoms with E-state index in [1.54, 1.807) is 17.0 Å². The SMILES string of the molecule is CCN(Cc1cc(Br)ccc1F)C(=O)C1CC12CCNCC2. The van der Waals surface area contributed by atoms with Gasteiger partial charge in [0.1, 0.15) is 5.82 Å². The summed E-state index contributed by atoms with van der Waals surface area (Å²) in [6, 6.07) is 4.89. The van der Waals surface area contributed by atoms with Crippen LogP contribution in [0.15, 0.2) is 22.7 Å². The Morgan fingerprint density at radius 2 is 2.18 bits per heavy atom. The third-order valence-electron chi connectivity index (χ3n) is 5.15. The van der Waals surface area contributed by atoms with Crippen molar-refractivity contribution in [3.63, 3.8) is 0 Å². The third-order valence-corrected chi connectivity index (χ3v) is 5.64. The number of piperidine rings is 1. The number of carbonyl (C=O) groups excluding carboxylic acids is 1. The van der Waals surface area contributed by atoms with Crippen molar-refractivity contribution in [2.75, 3.05) is 19.6 Å². The normalized spacial score (nSPS) is 22.6. The molecule has 1 aliphatic carbocycles. The molecule has 0 radical (unpaired) electrons. The summed E-state index contributed by atoms with van der Waals surface area (Å²) in [4.78, 5) is 14.6. The molecule has 2 aliphatic rings. The van der Waals surface area contributed by atoms with E-state index in [0.717, 1.165) is 36.8 Å². The van der Waals surface area contributed by atoms with Crippen LogP contribution in [0.4, 0.5) is 4.39 Å². The van der Waals surface area contributed by atoms with Crippen LogP contribution in [0.1, 0.15) is 31.7 Å². The number of hydrogen-bond acceptors (Lipinski definition) is 2. The molecule has 1 aliphatic heterocycles. The van der Waals surface area contributed by atoms with E-state index in [9.17, 15) is 9.18 Å². The standard InChI is InChI=1S/C17H22BrFN2O/c1-2-21(11-12-9-13(18)3-4-15(12)19)16(22)14-10-17(14)5-7-20-8-6-17/h3-4,9,14,20H,2,5-8,10-11H2,1H3. The monoisotopic (exact) mass is 368 g/mol. The number of benzene rings is 1. The zero-order valence-corrected chi connectivity index (χ0v) is 14.5. The first-order chi connectivity index (χ1) is 10.6. The quantitative estimate of drug-likeness (QED) is 0.883. The molecule has 1 atom stereocenters. The van der Waals surface area contributed by atoms with Crippen molar-refractivity contribution in [3.8, 4) is 0 Å². The highest BCUT2D eigenvalue weighted by Gasteiger charge is 2.58. The van der Waals surface area contributed by atoms with Crippen LogP contribution in [0.25, 0.3) is 0 Å². The second kappa shape index (κ2) is 6.28. The van der Waals surface area contributed by atoms with Crippen LogP contribution in [-0.2, 0) is 11.3 Å². The third kappa shape index (κ3) is 3.06. The summed E-state index contributed by atoms with van der Waals surface area (Å²) in [5.41, 5.74) is 0.801. The first kappa shape index (κ1) is 15.9. The zero-order valence-electron chi connectivity index (χ0n) is 12.9. The summed E-state index contributed by atoms with van der Waals surface area (Å²) in [5.74, 6) is 0.0929.